The van der Waals surface area contributed by atoms with Crippen molar-refractivity contribution >= 4 is 5.97 Å². The molecule has 0 spiro atoms. The smallest absolute Gasteiger partial charge is 0.340 e. The molecule has 3 nitrogen and oxygen atoms in total. The highest BCUT2D eigenvalue weighted by Crippen LogP contribution is 2.29. The lowest BCUT2D eigenvalue weighted by Crippen LogP contribution is -2.27. The van der Waals surface area contributed by atoms with Gasteiger partial charge in [-0.15, -0.1) is 0 Å². The van der Waals surface area contributed by atoms with Crippen LogP contribution in [0.5, 0.6) is 5.75 Å². The number of ether oxygens (including phenoxy) is 2. The summed E-state index contributed by atoms with van der Waals surface area (Å²) in [7, 11) is 0. The Morgan fingerprint density at radius 1 is 1.42 bits per heavy atom. The van der Waals surface area contributed by atoms with Gasteiger partial charge in [0, 0.05) is 0 Å². The number of benzene rings is 1. The van der Waals surface area contributed by atoms with Gasteiger partial charge in [-0.1, -0.05) is 19.1 Å². The SMILES string of the molecule is CCc1ccc(C)cc1OC(=O)[C@H](C)OCC1CC1. The summed E-state index contributed by atoms with van der Waals surface area (Å²) in [6, 6.07) is 5.95. The molecule has 0 radical (unpaired) electrons. The van der Waals surface area contributed by atoms with E-state index in [1.165, 1.54) is 12.8 Å². The maximum atomic E-state index is 12.0. The second-order valence-corrected chi connectivity index (χ2v) is 5.30. The molecule has 1 aromatic carbocycles. The molecule has 1 atom stereocenters. The lowest BCUT2D eigenvalue weighted by atomic mass is 10.1. The summed E-state index contributed by atoms with van der Waals surface area (Å²) in [4.78, 5) is 12.0. The molecule has 0 saturated heterocycles. The molecule has 2 rings (SSSR count). The maximum Gasteiger partial charge on any atom is 0.340 e. The Morgan fingerprint density at radius 3 is 2.79 bits per heavy atom. The van der Waals surface area contributed by atoms with Crippen molar-refractivity contribution in [2.45, 2.75) is 46.1 Å². The van der Waals surface area contributed by atoms with Gasteiger partial charge in [-0.3, -0.25) is 0 Å². The lowest BCUT2D eigenvalue weighted by Gasteiger charge is -2.14. The van der Waals surface area contributed by atoms with Crippen LogP contribution in [0, 0.1) is 12.8 Å². The summed E-state index contributed by atoms with van der Waals surface area (Å²) in [6.07, 6.45) is 2.80. The quantitative estimate of drug-likeness (QED) is 0.583. The number of rotatable bonds is 6. The molecule has 104 valence electrons. The van der Waals surface area contributed by atoms with Gasteiger partial charge in [0.25, 0.3) is 0 Å². The minimum atomic E-state index is -0.495. The van der Waals surface area contributed by atoms with E-state index >= 15 is 0 Å². The number of hydrogen-bond donors (Lipinski definition) is 0. The second-order valence-electron chi connectivity index (χ2n) is 5.30. The zero-order valence-electron chi connectivity index (χ0n) is 11.9. The number of aryl methyl sites for hydroxylation is 2. The molecule has 1 aliphatic rings. The first-order valence-corrected chi connectivity index (χ1v) is 7.03. The molecule has 0 amide bonds. The highest BCUT2D eigenvalue weighted by Gasteiger charge is 2.25. The van der Waals surface area contributed by atoms with Crippen molar-refractivity contribution in [3.05, 3.63) is 29.3 Å². The molecule has 0 bridgehead atoms. The molecule has 0 heterocycles. The average molecular weight is 262 g/mol. The van der Waals surface area contributed by atoms with Gasteiger partial charge in [-0.2, -0.15) is 0 Å². The van der Waals surface area contributed by atoms with Crippen LogP contribution in [-0.4, -0.2) is 18.7 Å². The zero-order chi connectivity index (χ0) is 13.8. The first kappa shape index (κ1) is 14.1. The third kappa shape index (κ3) is 4.06. The molecule has 1 fully saturated rings. The maximum absolute atomic E-state index is 12.0. The van der Waals surface area contributed by atoms with Crippen molar-refractivity contribution in [1.29, 1.82) is 0 Å². The topological polar surface area (TPSA) is 35.5 Å². The van der Waals surface area contributed by atoms with Crippen molar-refractivity contribution in [3.8, 4) is 5.75 Å². The normalized spacial score (nSPS) is 16.2. The van der Waals surface area contributed by atoms with Gasteiger partial charge in [0.2, 0.25) is 0 Å². The van der Waals surface area contributed by atoms with E-state index in [1.807, 2.05) is 25.1 Å². The largest absolute Gasteiger partial charge is 0.424 e. The van der Waals surface area contributed by atoms with Crippen LogP contribution in [0.25, 0.3) is 0 Å². The molecule has 19 heavy (non-hydrogen) atoms. The molecule has 3 heteroatoms. The van der Waals surface area contributed by atoms with E-state index in [1.54, 1.807) is 6.92 Å². The highest BCUT2D eigenvalue weighted by molar-refractivity contribution is 5.77. The van der Waals surface area contributed by atoms with Gasteiger partial charge in [0.15, 0.2) is 6.10 Å². The standard InChI is InChI=1S/C16H22O3/c1-4-14-8-5-11(2)9-15(14)19-16(17)12(3)18-10-13-6-7-13/h5,8-9,12-13H,4,6-7,10H2,1-3H3/t12-/m0/s1. The Kier molecular flexibility index (Phi) is 4.59. The Balaban J connectivity index is 1.94. The van der Waals surface area contributed by atoms with Crippen molar-refractivity contribution < 1.29 is 14.3 Å². The Hall–Kier alpha value is -1.35. The van der Waals surface area contributed by atoms with Gasteiger partial charge >= 0.3 is 5.97 Å². The molecule has 0 aliphatic heterocycles. The molecule has 0 aromatic heterocycles. The molecular formula is C16H22O3. The molecule has 1 saturated carbocycles. The predicted octanol–water partition coefficient (Wildman–Crippen LogP) is 3.28. The summed E-state index contributed by atoms with van der Waals surface area (Å²) in [5, 5.41) is 0. The molecule has 0 unspecified atom stereocenters. The summed E-state index contributed by atoms with van der Waals surface area (Å²) >= 11 is 0. The van der Waals surface area contributed by atoms with Gasteiger partial charge in [0.05, 0.1) is 6.61 Å². The van der Waals surface area contributed by atoms with Gasteiger partial charge in [-0.25, -0.2) is 4.79 Å². The van der Waals surface area contributed by atoms with Crippen molar-refractivity contribution in [3.63, 3.8) is 0 Å². The van der Waals surface area contributed by atoms with E-state index < -0.39 is 6.10 Å². The first-order chi connectivity index (χ1) is 9.10. The van der Waals surface area contributed by atoms with Crippen LogP contribution in [0.15, 0.2) is 18.2 Å². The Morgan fingerprint density at radius 2 is 2.16 bits per heavy atom. The fraction of sp³-hybridized carbons (Fsp3) is 0.562. The predicted molar refractivity (Wildman–Crippen MR) is 74.3 cm³/mol. The van der Waals surface area contributed by atoms with E-state index in [-0.39, 0.29) is 5.97 Å². The number of hydrogen-bond acceptors (Lipinski definition) is 3. The van der Waals surface area contributed by atoms with Crippen LogP contribution in [0.1, 0.15) is 37.8 Å². The van der Waals surface area contributed by atoms with Crippen LogP contribution in [0.3, 0.4) is 0 Å². The van der Waals surface area contributed by atoms with Crippen molar-refractivity contribution in [1.82, 2.24) is 0 Å². The van der Waals surface area contributed by atoms with Gasteiger partial charge in [-0.05, 0) is 56.2 Å². The lowest BCUT2D eigenvalue weighted by molar-refractivity contribution is -0.146. The monoisotopic (exact) mass is 262 g/mol. The number of esters is 1. The van der Waals surface area contributed by atoms with Crippen molar-refractivity contribution in [2.75, 3.05) is 6.61 Å². The molecule has 1 aromatic rings. The van der Waals surface area contributed by atoms with E-state index in [4.69, 9.17) is 9.47 Å². The van der Waals surface area contributed by atoms with Crippen LogP contribution in [-0.2, 0) is 16.0 Å². The van der Waals surface area contributed by atoms with Crippen LogP contribution >= 0.6 is 0 Å². The first-order valence-electron chi connectivity index (χ1n) is 7.03. The second kappa shape index (κ2) is 6.20. The summed E-state index contributed by atoms with van der Waals surface area (Å²) in [5.41, 5.74) is 2.14. The van der Waals surface area contributed by atoms with E-state index in [0.29, 0.717) is 18.3 Å². The molecule has 1 aliphatic carbocycles. The van der Waals surface area contributed by atoms with E-state index in [9.17, 15) is 4.79 Å². The zero-order valence-corrected chi connectivity index (χ0v) is 11.9. The minimum Gasteiger partial charge on any atom is -0.424 e. The Bertz CT molecular complexity index is 449. The Labute approximate surface area is 114 Å². The fourth-order valence-electron chi connectivity index (χ4n) is 1.87. The van der Waals surface area contributed by atoms with Crippen molar-refractivity contribution in [2.24, 2.45) is 5.92 Å². The number of carbonyl (C=O) groups is 1. The van der Waals surface area contributed by atoms with Crippen LogP contribution < -0.4 is 4.74 Å². The van der Waals surface area contributed by atoms with E-state index in [2.05, 4.69) is 6.92 Å². The highest BCUT2D eigenvalue weighted by atomic mass is 16.6. The molecular weight excluding hydrogens is 240 g/mol. The summed E-state index contributed by atoms with van der Waals surface area (Å²) < 4.78 is 11.0. The average Bonchev–Trinajstić information content (AvgIpc) is 3.20. The van der Waals surface area contributed by atoms with E-state index in [0.717, 1.165) is 17.5 Å². The van der Waals surface area contributed by atoms with Gasteiger partial charge < -0.3 is 9.47 Å². The third-order valence-corrected chi connectivity index (χ3v) is 3.42. The summed E-state index contributed by atoms with van der Waals surface area (Å²) in [6.45, 7) is 6.47. The summed E-state index contributed by atoms with van der Waals surface area (Å²) in [5.74, 6) is 1.01. The fourth-order valence-corrected chi connectivity index (χ4v) is 1.87. The number of carbonyl (C=O) groups excluding carboxylic acids is 1. The van der Waals surface area contributed by atoms with Crippen LogP contribution in [0.2, 0.25) is 0 Å². The van der Waals surface area contributed by atoms with Crippen LogP contribution in [0.4, 0.5) is 0 Å². The third-order valence-electron chi connectivity index (χ3n) is 3.42. The van der Waals surface area contributed by atoms with Gasteiger partial charge in [0.1, 0.15) is 5.75 Å². The minimum absolute atomic E-state index is 0.305. The molecule has 0 N–H and O–H groups in total.